The van der Waals surface area contributed by atoms with Crippen molar-refractivity contribution >= 4 is 16.8 Å². The summed E-state index contributed by atoms with van der Waals surface area (Å²) < 4.78 is 8.07. The first kappa shape index (κ1) is 20.5. The van der Waals surface area contributed by atoms with E-state index in [1.165, 1.54) is 4.68 Å². The number of fused-ring (bicyclic) bond motifs is 1. The van der Waals surface area contributed by atoms with Crippen molar-refractivity contribution in [3.8, 4) is 5.69 Å². The van der Waals surface area contributed by atoms with Gasteiger partial charge in [-0.1, -0.05) is 23.4 Å². The summed E-state index contributed by atoms with van der Waals surface area (Å²) in [5.41, 5.74) is 4.18. The van der Waals surface area contributed by atoms with E-state index in [4.69, 9.17) is 4.52 Å². The van der Waals surface area contributed by atoms with E-state index in [0.29, 0.717) is 35.3 Å². The molecule has 0 saturated heterocycles. The van der Waals surface area contributed by atoms with Gasteiger partial charge in [-0.15, -0.1) is 0 Å². The molecule has 0 radical (unpaired) electrons. The van der Waals surface area contributed by atoms with E-state index in [9.17, 15) is 9.59 Å². The fourth-order valence-corrected chi connectivity index (χ4v) is 3.72. The van der Waals surface area contributed by atoms with Crippen LogP contribution in [0.2, 0.25) is 0 Å². The lowest BCUT2D eigenvalue weighted by Crippen LogP contribution is -2.35. The lowest BCUT2D eigenvalue weighted by atomic mass is 10.1. The number of rotatable bonds is 6. The predicted octanol–water partition coefficient (Wildman–Crippen LogP) is 2.16. The molecule has 1 N–H and O–H groups in total. The van der Waals surface area contributed by atoms with Crippen LogP contribution in [0.3, 0.4) is 0 Å². The van der Waals surface area contributed by atoms with Crippen LogP contribution >= 0.6 is 0 Å². The molecule has 3 heterocycles. The number of carbonyl (C=O) groups excluding carboxylic acids is 1. The summed E-state index contributed by atoms with van der Waals surface area (Å²) in [4.78, 5) is 25.5. The zero-order valence-corrected chi connectivity index (χ0v) is 18.0. The maximum absolute atomic E-state index is 13.1. The second kappa shape index (κ2) is 8.17. The van der Waals surface area contributed by atoms with Crippen molar-refractivity contribution in [3.05, 3.63) is 69.1 Å². The van der Waals surface area contributed by atoms with Crippen molar-refractivity contribution in [2.45, 2.75) is 40.7 Å². The third-order valence-electron chi connectivity index (χ3n) is 5.35. The van der Waals surface area contributed by atoms with Crippen LogP contribution in [0.4, 0.5) is 0 Å². The van der Waals surface area contributed by atoms with Gasteiger partial charge in [-0.05, 0) is 46.2 Å². The highest BCUT2D eigenvalue weighted by atomic mass is 16.5. The predicted molar refractivity (Wildman–Crippen MR) is 115 cm³/mol. The lowest BCUT2D eigenvalue weighted by molar-refractivity contribution is -0.121. The number of aryl methyl sites for hydroxylation is 4. The maximum Gasteiger partial charge on any atom is 0.278 e. The van der Waals surface area contributed by atoms with Crippen molar-refractivity contribution < 1.29 is 9.32 Å². The molecule has 31 heavy (non-hydrogen) atoms. The van der Waals surface area contributed by atoms with E-state index < -0.39 is 0 Å². The highest BCUT2D eigenvalue weighted by Gasteiger charge is 2.18. The summed E-state index contributed by atoms with van der Waals surface area (Å²) in [6, 6.07) is 9.60. The number of benzene rings is 1. The Morgan fingerprint density at radius 3 is 2.48 bits per heavy atom. The van der Waals surface area contributed by atoms with E-state index in [0.717, 1.165) is 22.7 Å². The van der Waals surface area contributed by atoms with E-state index in [2.05, 4.69) is 20.7 Å². The first-order valence-corrected chi connectivity index (χ1v) is 10.1. The van der Waals surface area contributed by atoms with Crippen molar-refractivity contribution in [2.75, 3.05) is 6.54 Å². The molecule has 0 fully saturated rings. The second-order valence-electron chi connectivity index (χ2n) is 7.51. The third-order valence-corrected chi connectivity index (χ3v) is 5.35. The molecule has 9 heteroatoms. The fraction of sp³-hybridized carbons (Fsp3) is 0.318. The molecule has 0 aliphatic heterocycles. The number of nitrogens with zero attached hydrogens (tertiary/aromatic N) is 5. The molecule has 1 amide bonds. The molecule has 0 unspecified atom stereocenters. The van der Waals surface area contributed by atoms with Gasteiger partial charge in [-0.25, -0.2) is 9.36 Å². The van der Waals surface area contributed by atoms with Crippen LogP contribution in [0.1, 0.15) is 28.4 Å². The Bertz CT molecular complexity index is 1300. The molecule has 0 aliphatic carbocycles. The number of carbonyl (C=O) groups is 1. The minimum atomic E-state index is -0.332. The molecular formula is C22H24N6O3. The molecule has 1 aromatic carbocycles. The van der Waals surface area contributed by atoms with Crippen LogP contribution in [0.15, 0.2) is 39.6 Å². The summed E-state index contributed by atoms with van der Waals surface area (Å²) in [5.74, 6) is 0.463. The van der Waals surface area contributed by atoms with Gasteiger partial charge in [0.25, 0.3) is 5.56 Å². The average Bonchev–Trinajstić information content (AvgIpc) is 3.27. The Labute approximate surface area is 178 Å². The number of hydrogen-bond donors (Lipinski definition) is 1. The maximum atomic E-state index is 13.1. The number of aromatic nitrogens is 5. The zero-order valence-electron chi connectivity index (χ0n) is 18.0. The van der Waals surface area contributed by atoms with Crippen LogP contribution in [-0.4, -0.2) is 37.2 Å². The smallest absolute Gasteiger partial charge is 0.278 e. The summed E-state index contributed by atoms with van der Waals surface area (Å²) in [6.45, 7) is 7.60. The van der Waals surface area contributed by atoms with Gasteiger partial charge in [0.05, 0.1) is 28.2 Å². The van der Waals surface area contributed by atoms with Crippen LogP contribution in [0, 0.1) is 27.7 Å². The van der Waals surface area contributed by atoms with Crippen molar-refractivity contribution in [1.82, 2.24) is 30.0 Å². The van der Waals surface area contributed by atoms with Gasteiger partial charge < -0.3 is 9.84 Å². The molecule has 0 aliphatic rings. The molecule has 9 nitrogen and oxygen atoms in total. The van der Waals surface area contributed by atoms with Gasteiger partial charge in [0.1, 0.15) is 17.8 Å². The second-order valence-corrected chi connectivity index (χ2v) is 7.51. The normalized spacial score (nSPS) is 11.2. The number of amides is 1. The first-order valence-electron chi connectivity index (χ1n) is 10.1. The Kier molecular flexibility index (Phi) is 5.41. The van der Waals surface area contributed by atoms with E-state index >= 15 is 0 Å². The highest BCUT2D eigenvalue weighted by Crippen LogP contribution is 2.19. The fourth-order valence-electron chi connectivity index (χ4n) is 3.72. The first-order chi connectivity index (χ1) is 14.9. The molecule has 0 spiro atoms. The molecular weight excluding hydrogens is 396 g/mol. The molecule has 3 aromatic heterocycles. The summed E-state index contributed by atoms with van der Waals surface area (Å²) in [6.07, 6.45) is 0.607. The Morgan fingerprint density at radius 1 is 1.06 bits per heavy atom. The van der Waals surface area contributed by atoms with Gasteiger partial charge in [0.15, 0.2) is 0 Å². The summed E-state index contributed by atoms with van der Waals surface area (Å²) in [5, 5.41) is 16.1. The Balaban J connectivity index is 1.55. The topological polar surface area (TPSA) is 108 Å². The van der Waals surface area contributed by atoms with Gasteiger partial charge in [0, 0.05) is 12.1 Å². The molecule has 160 valence electrons. The summed E-state index contributed by atoms with van der Waals surface area (Å²) >= 11 is 0. The highest BCUT2D eigenvalue weighted by molar-refractivity contribution is 5.83. The standard InChI is InChI=1S/C22H24N6O3/c1-13-18(16(4)31-26-13)10-11-23-19(29)12-27-22(30)20-15(3)28(17-8-6-5-7-9-17)25-21(20)14(2)24-27/h5-9H,10-12H2,1-4H3,(H,23,29). The number of para-hydroxylation sites is 1. The van der Waals surface area contributed by atoms with Crippen LogP contribution in [-0.2, 0) is 17.8 Å². The van der Waals surface area contributed by atoms with Gasteiger partial charge in [-0.2, -0.15) is 10.2 Å². The molecule has 4 rings (SSSR count). The monoisotopic (exact) mass is 420 g/mol. The SMILES string of the molecule is Cc1noc(C)c1CCNC(=O)Cn1nc(C)c2nn(-c3ccccc3)c(C)c2c1=O. The van der Waals surface area contributed by atoms with Gasteiger partial charge in [-0.3, -0.25) is 9.59 Å². The number of nitrogens with one attached hydrogen (secondary N) is 1. The van der Waals surface area contributed by atoms with Gasteiger partial charge >= 0.3 is 0 Å². The van der Waals surface area contributed by atoms with Crippen LogP contribution in [0.5, 0.6) is 0 Å². The lowest BCUT2D eigenvalue weighted by Gasteiger charge is -2.08. The van der Waals surface area contributed by atoms with Crippen molar-refractivity contribution in [2.24, 2.45) is 0 Å². The Hall–Kier alpha value is -3.75. The minimum Gasteiger partial charge on any atom is -0.361 e. The van der Waals surface area contributed by atoms with Crippen LogP contribution < -0.4 is 10.9 Å². The quantitative estimate of drug-likeness (QED) is 0.512. The van der Waals surface area contributed by atoms with Crippen LogP contribution in [0.25, 0.3) is 16.6 Å². The molecule has 0 bridgehead atoms. The molecule has 0 saturated carbocycles. The molecule has 4 aromatic rings. The average molecular weight is 420 g/mol. The third kappa shape index (κ3) is 3.86. The molecule has 0 atom stereocenters. The Morgan fingerprint density at radius 2 is 1.81 bits per heavy atom. The largest absolute Gasteiger partial charge is 0.361 e. The minimum absolute atomic E-state index is 0.160. The van der Waals surface area contributed by atoms with Crippen molar-refractivity contribution in [1.29, 1.82) is 0 Å². The van der Waals surface area contributed by atoms with E-state index in [1.807, 2.05) is 51.1 Å². The van der Waals surface area contributed by atoms with E-state index in [-0.39, 0.29) is 18.0 Å². The summed E-state index contributed by atoms with van der Waals surface area (Å²) in [7, 11) is 0. The zero-order chi connectivity index (χ0) is 22.1. The van der Waals surface area contributed by atoms with Gasteiger partial charge in [0.2, 0.25) is 5.91 Å². The number of hydrogen-bond acceptors (Lipinski definition) is 6. The van der Waals surface area contributed by atoms with E-state index in [1.54, 1.807) is 11.6 Å². The van der Waals surface area contributed by atoms with Crippen molar-refractivity contribution in [3.63, 3.8) is 0 Å².